The maximum atomic E-state index is 13.3. The van der Waals surface area contributed by atoms with Crippen LogP contribution in [0.15, 0.2) is 48.5 Å². The number of fused-ring (bicyclic) bond motifs is 1. The van der Waals surface area contributed by atoms with E-state index in [1.807, 2.05) is 0 Å². The van der Waals surface area contributed by atoms with Crippen LogP contribution in [-0.4, -0.2) is 10.2 Å². The van der Waals surface area contributed by atoms with Crippen molar-refractivity contribution in [3.8, 4) is 11.3 Å². The molecule has 3 rings (SSSR count). The third-order valence-electron chi connectivity index (χ3n) is 3.12. The standard InChI is InChI=1S/C16H8ClF2NO/c17-16(21)13-8-14(9-1-3-10(18)4-2-9)20-15-7-11(19)5-6-12(13)15/h1-8H. The fraction of sp³-hybridized carbons (Fsp3) is 0. The highest BCUT2D eigenvalue weighted by molar-refractivity contribution is 6.68. The van der Waals surface area contributed by atoms with E-state index >= 15 is 0 Å². The minimum absolute atomic E-state index is 0.237. The van der Waals surface area contributed by atoms with Crippen molar-refractivity contribution in [3.05, 3.63) is 65.7 Å². The number of halogens is 3. The first kappa shape index (κ1) is 13.6. The van der Waals surface area contributed by atoms with Gasteiger partial charge in [0.15, 0.2) is 0 Å². The van der Waals surface area contributed by atoms with E-state index in [1.165, 1.54) is 48.5 Å². The SMILES string of the molecule is O=C(Cl)c1cc(-c2ccc(F)cc2)nc2cc(F)ccc12. The van der Waals surface area contributed by atoms with Crippen LogP contribution in [-0.2, 0) is 0 Å². The lowest BCUT2D eigenvalue weighted by molar-refractivity contribution is 0.108. The van der Waals surface area contributed by atoms with Crippen molar-refractivity contribution in [2.45, 2.75) is 0 Å². The maximum absolute atomic E-state index is 13.3. The van der Waals surface area contributed by atoms with Gasteiger partial charge >= 0.3 is 0 Å². The molecule has 0 fully saturated rings. The van der Waals surface area contributed by atoms with Crippen molar-refractivity contribution in [2.75, 3.05) is 0 Å². The van der Waals surface area contributed by atoms with Gasteiger partial charge in [-0.15, -0.1) is 0 Å². The Labute approximate surface area is 124 Å². The Morgan fingerprint density at radius 1 is 0.952 bits per heavy atom. The Hall–Kier alpha value is -2.33. The van der Waals surface area contributed by atoms with Gasteiger partial charge in [0, 0.05) is 22.6 Å². The Bertz CT molecular complexity index is 847. The van der Waals surface area contributed by atoms with Crippen LogP contribution < -0.4 is 0 Å². The van der Waals surface area contributed by atoms with Crippen LogP contribution >= 0.6 is 11.6 Å². The van der Waals surface area contributed by atoms with Gasteiger partial charge in [-0.25, -0.2) is 13.8 Å². The Kier molecular flexibility index (Phi) is 3.39. The fourth-order valence-corrected chi connectivity index (χ4v) is 2.29. The third-order valence-corrected chi connectivity index (χ3v) is 3.33. The molecule has 0 aliphatic carbocycles. The summed E-state index contributed by atoms with van der Waals surface area (Å²) in [7, 11) is 0. The number of pyridine rings is 1. The zero-order valence-corrected chi connectivity index (χ0v) is 11.4. The minimum Gasteiger partial charge on any atom is -0.276 e. The molecule has 0 bridgehead atoms. The first-order valence-corrected chi connectivity index (χ1v) is 6.48. The lowest BCUT2D eigenvalue weighted by atomic mass is 10.0. The van der Waals surface area contributed by atoms with Crippen LogP contribution in [0.4, 0.5) is 8.78 Å². The first-order chi connectivity index (χ1) is 10.0. The summed E-state index contributed by atoms with van der Waals surface area (Å²) in [6.45, 7) is 0. The molecule has 104 valence electrons. The molecule has 0 aliphatic heterocycles. The molecule has 5 heteroatoms. The molecule has 0 saturated heterocycles. The number of nitrogens with zero attached hydrogens (tertiary/aromatic N) is 1. The van der Waals surface area contributed by atoms with Gasteiger partial charge in [-0.2, -0.15) is 0 Å². The van der Waals surface area contributed by atoms with Crippen LogP contribution in [0, 0.1) is 11.6 Å². The highest BCUT2D eigenvalue weighted by Gasteiger charge is 2.13. The van der Waals surface area contributed by atoms with E-state index in [0.717, 1.165) is 0 Å². The molecule has 1 aromatic heterocycles. The molecule has 0 amide bonds. The lowest BCUT2D eigenvalue weighted by Crippen LogP contribution is -1.96. The maximum Gasteiger partial charge on any atom is 0.253 e. The first-order valence-electron chi connectivity index (χ1n) is 6.11. The van der Waals surface area contributed by atoms with E-state index in [-0.39, 0.29) is 11.4 Å². The summed E-state index contributed by atoms with van der Waals surface area (Å²) in [5.41, 5.74) is 1.60. The number of benzene rings is 2. The molecular weight excluding hydrogens is 296 g/mol. The Balaban J connectivity index is 2.29. The highest BCUT2D eigenvalue weighted by atomic mass is 35.5. The van der Waals surface area contributed by atoms with E-state index in [0.29, 0.717) is 22.2 Å². The largest absolute Gasteiger partial charge is 0.276 e. The molecule has 2 nitrogen and oxygen atoms in total. The molecular formula is C16H8ClF2NO. The van der Waals surface area contributed by atoms with Crippen LogP contribution in [0.2, 0.25) is 0 Å². The van der Waals surface area contributed by atoms with Crippen molar-refractivity contribution in [1.82, 2.24) is 4.98 Å². The summed E-state index contributed by atoms with van der Waals surface area (Å²) in [6, 6.07) is 11.1. The summed E-state index contributed by atoms with van der Waals surface area (Å²) >= 11 is 5.59. The molecule has 0 radical (unpaired) electrons. The van der Waals surface area contributed by atoms with Crippen LogP contribution in [0.5, 0.6) is 0 Å². The van der Waals surface area contributed by atoms with Gasteiger partial charge in [0.2, 0.25) is 0 Å². The van der Waals surface area contributed by atoms with Gasteiger partial charge < -0.3 is 0 Å². The van der Waals surface area contributed by atoms with Gasteiger partial charge in [0.25, 0.3) is 5.24 Å². The predicted octanol–water partition coefficient (Wildman–Crippen LogP) is 4.56. The number of carbonyl (C=O) groups excluding carboxylic acids is 1. The van der Waals surface area contributed by atoms with Crippen LogP contribution in [0.25, 0.3) is 22.2 Å². The monoisotopic (exact) mass is 303 g/mol. The van der Waals surface area contributed by atoms with Crippen molar-refractivity contribution < 1.29 is 13.6 Å². The molecule has 3 aromatic rings. The van der Waals surface area contributed by atoms with E-state index in [9.17, 15) is 13.6 Å². The van der Waals surface area contributed by atoms with E-state index in [4.69, 9.17) is 11.6 Å². The van der Waals surface area contributed by atoms with Gasteiger partial charge in [-0.05, 0) is 54.1 Å². The van der Waals surface area contributed by atoms with Crippen molar-refractivity contribution >= 4 is 27.7 Å². The normalized spacial score (nSPS) is 10.8. The molecule has 0 N–H and O–H groups in total. The predicted molar refractivity (Wildman–Crippen MR) is 77.3 cm³/mol. The zero-order valence-electron chi connectivity index (χ0n) is 10.6. The average Bonchev–Trinajstić information content (AvgIpc) is 2.46. The number of rotatable bonds is 2. The molecule has 0 aliphatic rings. The second-order valence-electron chi connectivity index (χ2n) is 4.50. The Morgan fingerprint density at radius 2 is 1.62 bits per heavy atom. The summed E-state index contributed by atoms with van der Waals surface area (Å²) in [6.07, 6.45) is 0. The van der Waals surface area contributed by atoms with Gasteiger partial charge in [0.1, 0.15) is 11.6 Å². The van der Waals surface area contributed by atoms with Crippen molar-refractivity contribution in [3.63, 3.8) is 0 Å². The van der Waals surface area contributed by atoms with Gasteiger partial charge in [-0.3, -0.25) is 4.79 Å². The molecule has 1 heterocycles. The third kappa shape index (κ3) is 2.62. The van der Waals surface area contributed by atoms with Crippen LogP contribution in [0.3, 0.4) is 0 Å². The second kappa shape index (κ2) is 5.22. The fourth-order valence-electron chi connectivity index (χ4n) is 2.13. The molecule has 0 saturated carbocycles. The lowest BCUT2D eigenvalue weighted by Gasteiger charge is -2.07. The highest BCUT2D eigenvalue weighted by Crippen LogP contribution is 2.26. The van der Waals surface area contributed by atoms with E-state index < -0.39 is 11.1 Å². The van der Waals surface area contributed by atoms with Crippen molar-refractivity contribution in [1.29, 1.82) is 0 Å². The smallest absolute Gasteiger partial charge is 0.253 e. The van der Waals surface area contributed by atoms with Gasteiger partial charge in [-0.1, -0.05) is 0 Å². The number of hydrogen-bond acceptors (Lipinski definition) is 2. The average molecular weight is 304 g/mol. The summed E-state index contributed by atoms with van der Waals surface area (Å²) in [4.78, 5) is 15.9. The second-order valence-corrected chi connectivity index (χ2v) is 4.84. The van der Waals surface area contributed by atoms with E-state index in [2.05, 4.69) is 4.98 Å². The van der Waals surface area contributed by atoms with Crippen molar-refractivity contribution in [2.24, 2.45) is 0 Å². The number of hydrogen-bond donors (Lipinski definition) is 0. The van der Waals surface area contributed by atoms with Crippen LogP contribution in [0.1, 0.15) is 10.4 Å². The molecule has 0 unspecified atom stereocenters. The molecule has 0 atom stereocenters. The zero-order chi connectivity index (χ0) is 15.0. The molecule has 0 spiro atoms. The summed E-state index contributed by atoms with van der Waals surface area (Å²) in [5.74, 6) is -0.835. The van der Waals surface area contributed by atoms with E-state index in [1.54, 1.807) is 0 Å². The number of carbonyl (C=O) groups is 1. The quantitative estimate of drug-likeness (QED) is 0.650. The molecule has 2 aromatic carbocycles. The summed E-state index contributed by atoms with van der Waals surface area (Å²) < 4.78 is 26.3. The Morgan fingerprint density at radius 3 is 2.29 bits per heavy atom. The topological polar surface area (TPSA) is 30.0 Å². The number of aromatic nitrogens is 1. The summed E-state index contributed by atoms with van der Waals surface area (Å²) in [5, 5.41) is -0.181. The van der Waals surface area contributed by atoms with Gasteiger partial charge in [0.05, 0.1) is 11.2 Å². The molecule has 21 heavy (non-hydrogen) atoms. The minimum atomic E-state index is -0.655.